The van der Waals surface area contributed by atoms with Gasteiger partial charge in [0, 0.05) is 5.56 Å². The van der Waals surface area contributed by atoms with Crippen LogP contribution in [0.5, 0.6) is 17.5 Å². The van der Waals surface area contributed by atoms with Crippen molar-refractivity contribution in [2.75, 3.05) is 0 Å². The monoisotopic (exact) mass is 423 g/mol. The number of hydrogen-bond acceptors (Lipinski definition) is 6. The summed E-state index contributed by atoms with van der Waals surface area (Å²) in [6.45, 7) is 3.75. The Kier molecular flexibility index (Phi) is 4.82. The van der Waals surface area contributed by atoms with Gasteiger partial charge in [-0.05, 0) is 65.7 Å². The first-order valence-corrected chi connectivity index (χ1v) is 10.3. The van der Waals surface area contributed by atoms with Crippen LogP contribution in [0, 0.1) is 0 Å². The third kappa shape index (κ3) is 3.67. The smallest absolute Gasteiger partial charge is 0.320 e. The normalized spacial score (nSPS) is 11.3. The molecule has 0 atom stereocenters. The summed E-state index contributed by atoms with van der Waals surface area (Å²) < 4.78 is 5.74. The minimum atomic E-state index is -0.154. The number of phenols is 2. The van der Waals surface area contributed by atoms with Crippen molar-refractivity contribution < 1.29 is 14.9 Å². The highest BCUT2D eigenvalue weighted by molar-refractivity contribution is 5.99. The minimum Gasteiger partial charge on any atom is -0.507 e. The molecule has 1 heterocycles. The van der Waals surface area contributed by atoms with Crippen LogP contribution >= 0.6 is 0 Å². The molecule has 5 aromatic rings. The fourth-order valence-corrected chi connectivity index (χ4v) is 3.70. The first kappa shape index (κ1) is 19.8. The van der Waals surface area contributed by atoms with E-state index < -0.39 is 0 Å². The van der Waals surface area contributed by atoms with Crippen LogP contribution in [0.2, 0.25) is 0 Å². The molecule has 0 aliphatic heterocycles. The molecule has 0 unspecified atom stereocenters. The molecule has 0 fully saturated rings. The molecule has 0 amide bonds. The van der Waals surface area contributed by atoms with Crippen molar-refractivity contribution in [3.63, 3.8) is 0 Å². The first-order chi connectivity index (χ1) is 15.5. The van der Waals surface area contributed by atoms with E-state index in [0.29, 0.717) is 5.82 Å². The molecule has 1 aromatic heterocycles. The van der Waals surface area contributed by atoms with Gasteiger partial charge >= 0.3 is 6.01 Å². The molecule has 32 heavy (non-hydrogen) atoms. The lowest BCUT2D eigenvalue weighted by molar-refractivity contribution is 0.222. The zero-order valence-corrected chi connectivity index (χ0v) is 17.6. The maximum absolute atomic E-state index is 10.3. The van der Waals surface area contributed by atoms with Crippen molar-refractivity contribution in [3.8, 4) is 40.3 Å². The molecule has 0 saturated carbocycles. The van der Waals surface area contributed by atoms with Gasteiger partial charge in [0.1, 0.15) is 17.1 Å². The van der Waals surface area contributed by atoms with Crippen molar-refractivity contribution in [2.45, 2.75) is 20.0 Å². The summed E-state index contributed by atoms with van der Waals surface area (Å²) in [5.41, 5.74) is 0.913. The van der Waals surface area contributed by atoms with Gasteiger partial charge in [0.25, 0.3) is 0 Å². The molecule has 0 saturated heterocycles. The summed E-state index contributed by atoms with van der Waals surface area (Å²) in [4.78, 5) is 13.4. The van der Waals surface area contributed by atoms with Gasteiger partial charge in [0.2, 0.25) is 0 Å². The number of nitrogens with zero attached hydrogens (tertiary/aromatic N) is 3. The predicted octanol–water partition coefficient (Wildman–Crippen LogP) is 5.71. The van der Waals surface area contributed by atoms with Gasteiger partial charge in [0.05, 0.1) is 6.10 Å². The highest BCUT2D eigenvalue weighted by Gasteiger charge is 2.18. The standard InChI is InChI=1S/C26H21N3O3/c1-15(2)32-26-28-24(27-25(29-26)23-21(30)8-5-9-22(23)31)19-11-10-18-12-16-6-3-4-7-17(16)13-20(18)14-19/h3-15,30-31H,1-2H3. The lowest BCUT2D eigenvalue weighted by Gasteiger charge is -2.12. The van der Waals surface area contributed by atoms with Crippen LogP contribution in [0.4, 0.5) is 0 Å². The zero-order chi connectivity index (χ0) is 22.2. The van der Waals surface area contributed by atoms with E-state index in [4.69, 9.17) is 4.74 Å². The minimum absolute atomic E-state index is 0.123. The Hall–Kier alpha value is -4.19. The van der Waals surface area contributed by atoms with E-state index in [0.717, 1.165) is 21.7 Å². The molecule has 2 N–H and O–H groups in total. The average Bonchev–Trinajstić information content (AvgIpc) is 2.76. The third-order valence-electron chi connectivity index (χ3n) is 5.16. The van der Waals surface area contributed by atoms with Crippen LogP contribution in [0.15, 0.2) is 72.8 Å². The number of rotatable bonds is 4. The van der Waals surface area contributed by atoms with Gasteiger partial charge in [0.15, 0.2) is 11.6 Å². The van der Waals surface area contributed by atoms with Gasteiger partial charge in [-0.3, -0.25) is 0 Å². The Morgan fingerprint density at radius 2 is 1.28 bits per heavy atom. The molecule has 158 valence electrons. The van der Waals surface area contributed by atoms with E-state index in [1.165, 1.54) is 17.5 Å². The molecule has 0 radical (unpaired) electrons. The van der Waals surface area contributed by atoms with E-state index in [-0.39, 0.29) is 35.0 Å². The Morgan fingerprint density at radius 1 is 0.656 bits per heavy atom. The number of ether oxygens (including phenoxy) is 1. The fraction of sp³-hybridized carbons (Fsp3) is 0.115. The van der Waals surface area contributed by atoms with Gasteiger partial charge in [-0.25, -0.2) is 4.98 Å². The Balaban J connectivity index is 1.69. The highest BCUT2D eigenvalue weighted by atomic mass is 16.5. The summed E-state index contributed by atoms with van der Waals surface area (Å²) in [6.07, 6.45) is -0.154. The second kappa shape index (κ2) is 7.81. The van der Waals surface area contributed by atoms with E-state index >= 15 is 0 Å². The summed E-state index contributed by atoms with van der Waals surface area (Å²) in [5, 5.41) is 25.1. The number of phenolic OH excluding ortho intramolecular Hbond substituents is 2. The lowest BCUT2D eigenvalue weighted by Crippen LogP contribution is -2.10. The molecule has 6 heteroatoms. The van der Waals surface area contributed by atoms with Crippen LogP contribution in [0.25, 0.3) is 44.3 Å². The summed E-state index contributed by atoms with van der Waals surface area (Å²) in [6, 6.07) is 23.1. The predicted molar refractivity (Wildman–Crippen MR) is 125 cm³/mol. The molecule has 4 aromatic carbocycles. The van der Waals surface area contributed by atoms with Crippen LogP contribution in [-0.2, 0) is 0 Å². The maximum atomic E-state index is 10.3. The second-order valence-corrected chi connectivity index (χ2v) is 7.86. The Morgan fingerprint density at radius 3 is 1.97 bits per heavy atom. The number of aromatic nitrogens is 3. The van der Waals surface area contributed by atoms with E-state index in [2.05, 4.69) is 39.2 Å². The Bertz CT molecular complexity index is 1440. The molecule has 0 bridgehead atoms. The van der Waals surface area contributed by atoms with Crippen LogP contribution in [0.3, 0.4) is 0 Å². The molecular weight excluding hydrogens is 402 g/mol. The van der Waals surface area contributed by atoms with Crippen molar-refractivity contribution in [1.29, 1.82) is 0 Å². The highest BCUT2D eigenvalue weighted by Crippen LogP contribution is 2.36. The molecule has 0 spiro atoms. The Labute approximate surface area is 184 Å². The quantitative estimate of drug-likeness (QED) is 0.360. The largest absolute Gasteiger partial charge is 0.507 e. The molecule has 0 aliphatic carbocycles. The summed E-state index contributed by atoms with van der Waals surface area (Å²) in [5.74, 6) is 0.286. The number of aromatic hydroxyl groups is 2. The first-order valence-electron chi connectivity index (χ1n) is 10.3. The van der Waals surface area contributed by atoms with Gasteiger partial charge in [-0.2, -0.15) is 9.97 Å². The summed E-state index contributed by atoms with van der Waals surface area (Å²) >= 11 is 0. The van der Waals surface area contributed by atoms with Crippen molar-refractivity contribution in [2.24, 2.45) is 0 Å². The SMILES string of the molecule is CC(C)Oc1nc(-c2ccc3cc4ccccc4cc3c2)nc(-c2c(O)cccc2O)n1. The van der Waals surface area contributed by atoms with E-state index in [1.54, 1.807) is 6.07 Å². The van der Waals surface area contributed by atoms with Gasteiger partial charge < -0.3 is 14.9 Å². The van der Waals surface area contributed by atoms with Crippen molar-refractivity contribution in [1.82, 2.24) is 15.0 Å². The van der Waals surface area contributed by atoms with Crippen molar-refractivity contribution in [3.05, 3.63) is 72.8 Å². The fourth-order valence-electron chi connectivity index (χ4n) is 3.70. The van der Waals surface area contributed by atoms with Crippen LogP contribution in [-0.4, -0.2) is 31.3 Å². The van der Waals surface area contributed by atoms with Crippen molar-refractivity contribution >= 4 is 21.5 Å². The number of hydrogen-bond donors (Lipinski definition) is 2. The van der Waals surface area contributed by atoms with E-state index in [9.17, 15) is 10.2 Å². The second-order valence-electron chi connectivity index (χ2n) is 7.86. The lowest BCUT2D eigenvalue weighted by atomic mass is 10.0. The maximum Gasteiger partial charge on any atom is 0.320 e. The molecule has 6 nitrogen and oxygen atoms in total. The topological polar surface area (TPSA) is 88.4 Å². The molecule has 0 aliphatic rings. The van der Waals surface area contributed by atoms with E-state index in [1.807, 2.05) is 44.2 Å². The van der Waals surface area contributed by atoms with Gasteiger partial charge in [-0.1, -0.05) is 42.5 Å². The number of benzene rings is 4. The van der Waals surface area contributed by atoms with Crippen LogP contribution < -0.4 is 4.74 Å². The average molecular weight is 423 g/mol. The van der Waals surface area contributed by atoms with Gasteiger partial charge in [-0.15, -0.1) is 0 Å². The summed E-state index contributed by atoms with van der Waals surface area (Å²) in [7, 11) is 0. The van der Waals surface area contributed by atoms with Crippen LogP contribution in [0.1, 0.15) is 13.8 Å². The zero-order valence-electron chi connectivity index (χ0n) is 17.6. The third-order valence-corrected chi connectivity index (χ3v) is 5.16. The molecule has 5 rings (SSSR count). The molecular formula is C26H21N3O3. The number of fused-ring (bicyclic) bond motifs is 2.